The van der Waals surface area contributed by atoms with Crippen LogP contribution in [-0.2, 0) is 11.8 Å². The lowest BCUT2D eigenvalue weighted by Crippen LogP contribution is -2.42. The van der Waals surface area contributed by atoms with Gasteiger partial charge in [0.05, 0.1) is 10.7 Å². The average molecular weight is 346 g/mol. The van der Waals surface area contributed by atoms with E-state index in [-0.39, 0.29) is 11.2 Å². The Labute approximate surface area is 146 Å². The Balaban J connectivity index is 1.50. The molecule has 1 fully saturated rings. The second-order valence-electron chi connectivity index (χ2n) is 6.22. The minimum Gasteiger partial charge on any atom is -0.356 e. The fraction of sp³-hybridized carbons (Fsp3) is 0.444. The van der Waals surface area contributed by atoms with Gasteiger partial charge in [-0.1, -0.05) is 18.2 Å². The van der Waals surface area contributed by atoms with Gasteiger partial charge in [-0.15, -0.1) is 11.3 Å². The minimum atomic E-state index is -0.112. The molecule has 0 bridgehead atoms. The van der Waals surface area contributed by atoms with Gasteiger partial charge in [-0.05, 0) is 31.4 Å². The number of nitrogens with zero attached hydrogens (tertiary/aromatic N) is 2. The molecule has 0 spiro atoms. The number of aromatic nitrogens is 1. The van der Waals surface area contributed by atoms with Gasteiger partial charge in [0.1, 0.15) is 5.82 Å². The van der Waals surface area contributed by atoms with Gasteiger partial charge >= 0.3 is 0 Å². The van der Waals surface area contributed by atoms with Crippen LogP contribution >= 0.6 is 11.3 Å². The molecule has 0 amide bonds. The van der Waals surface area contributed by atoms with Gasteiger partial charge in [0, 0.05) is 37.4 Å². The van der Waals surface area contributed by atoms with E-state index in [1.54, 1.807) is 24.5 Å². The number of thiazole rings is 1. The van der Waals surface area contributed by atoms with Gasteiger partial charge in [0.15, 0.2) is 5.96 Å². The maximum Gasteiger partial charge on any atom is 0.191 e. The van der Waals surface area contributed by atoms with Crippen LogP contribution in [0, 0.1) is 12.7 Å². The Morgan fingerprint density at radius 3 is 2.75 bits per heavy atom. The lowest BCUT2D eigenvalue weighted by molar-refractivity contribution is 0.559. The van der Waals surface area contributed by atoms with Crippen molar-refractivity contribution >= 4 is 17.3 Å². The van der Waals surface area contributed by atoms with E-state index in [1.807, 2.05) is 19.1 Å². The molecule has 6 heteroatoms. The molecule has 3 rings (SSSR count). The van der Waals surface area contributed by atoms with Gasteiger partial charge in [-0.2, -0.15) is 0 Å². The van der Waals surface area contributed by atoms with E-state index in [0.717, 1.165) is 48.0 Å². The second-order valence-corrected chi connectivity index (χ2v) is 7.28. The molecule has 1 heterocycles. The smallest absolute Gasteiger partial charge is 0.191 e. The van der Waals surface area contributed by atoms with Crippen molar-refractivity contribution in [3.8, 4) is 0 Å². The first-order chi connectivity index (χ1) is 11.6. The number of rotatable bonds is 6. The van der Waals surface area contributed by atoms with Gasteiger partial charge in [0.2, 0.25) is 0 Å². The van der Waals surface area contributed by atoms with Crippen molar-refractivity contribution in [2.45, 2.75) is 31.6 Å². The summed E-state index contributed by atoms with van der Waals surface area (Å²) in [5.41, 5.74) is 1.83. The zero-order valence-corrected chi connectivity index (χ0v) is 14.9. The number of benzene rings is 1. The summed E-state index contributed by atoms with van der Waals surface area (Å²) < 4.78 is 14.0. The van der Waals surface area contributed by atoms with E-state index < -0.39 is 0 Å². The summed E-state index contributed by atoms with van der Waals surface area (Å²) in [5, 5.41) is 9.83. The number of hydrogen-bond acceptors (Lipinski definition) is 3. The number of aliphatic imine (C=N–C) groups is 1. The molecule has 128 valence electrons. The van der Waals surface area contributed by atoms with Crippen LogP contribution in [0.2, 0.25) is 0 Å². The van der Waals surface area contributed by atoms with Crippen LogP contribution in [0.3, 0.4) is 0 Å². The van der Waals surface area contributed by atoms with Crippen LogP contribution in [0.1, 0.15) is 29.1 Å². The molecule has 1 saturated carbocycles. The second kappa shape index (κ2) is 7.30. The minimum absolute atomic E-state index is 0.0883. The predicted molar refractivity (Wildman–Crippen MR) is 97.2 cm³/mol. The summed E-state index contributed by atoms with van der Waals surface area (Å²) in [6.07, 6.45) is 2.88. The molecular weight excluding hydrogens is 323 g/mol. The molecule has 0 saturated heterocycles. The number of aryl methyl sites for hydroxylation is 1. The predicted octanol–water partition coefficient (Wildman–Crippen LogP) is 3.03. The molecule has 4 nitrogen and oxygen atoms in total. The fourth-order valence-corrected chi connectivity index (χ4v) is 3.54. The fourth-order valence-electron chi connectivity index (χ4n) is 2.89. The molecule has 0 aliphatic heterocycles. The van der Waals surface area contributed by atoms with Crippen molar-refractivity contribution in [1.82, 2.24) is 15.6 Å². The van der Waals surface area contributed by atoms with E-state index >= 15 is 0 Å². The van der Waals surface area contributed by atoms with Crippen molar-refractivity contribution in [2.75, 3.05) is 20.1 Å². The SMILES string of the molecule is CN=C(NCCc1csc(C)n1)NCC1(c2ccccc2F)CC1. The average Bonchev–Trinajstić information content (AvgIpc) is 3.26. The summed E-state index contributed by atoms with van der Waals surface area (Å²) in [6, 6.07) is 7.08. The molecule has 1 aliphatic carbocycles. The van der Waals surface area contributed by atoms with E-state index in [9.17, 15) is 4.39 Å². The number of hydrogen-bond donors (Lipinski definition) is 2. The topological polar surface area (TPSA) is 49.3 Å². The Hall–Kier alpha value is -1.95. The van der Waals surface area contributed by atoms with Crippen LogP contribution in [0.5, 0.6) is 0 Å². The first-order valence-corrected chi connectivity index (χ1v) is 9.11. The van der Waals surface area contributed by atoms with Crippen LogP contribution in [0.15, 0.2) is 34.6 Å². The van der Waals surface area contributed by atoms with Crippen molar-refractivity contribution < 1.29 is 4.39 Å². The monoisotopic (exact) mass is 346 g/mol. The van der Waals surface area contributed by atoms with Gasteiger partial charge in [-0.25, -0.2) is 9.37 Å². The molecule has 0 atom stereocenters. The number of halogens is 1. The molecule has 1 aromatic carbocycles. The molecule has 0 radical (unpaired) electrons. The molecular formula is C18H23FN4S. The maximum atomic E-state index is 14.0. The normalized spacial score (nSPS) is 16.0. The quantitative estimate of drug-likeness (QED) is 0.624. The summed E-state index contributed by atoms with van der Waals surface area (Å²) in [4.78, 5) is 8.71. The largest absolute Gasteiger partial charge is 0.356 e. The van der Waals surface area contributed by atoms with E-state index in [2.05, 4.69) is 26.0 Å². The molecule has 0 unspecified atom stereocenters. The van der Waals surface area contributed by atoms with Gasteiger partial charge in [-0.3, -0.25) is 4.99 Å². The lowest BCUT2D eigenvalue weighted by atomic mass is 9.95. The van der Waals surface area contributed by atoms with Crippen LogP contribution in [0.4, 0.5) is 4.39 Å². The Bertz CT molecular complexity index is 721. The highest BCUT2D eigenvalue weighted by atomic mass is 32.1. The first-order valence-electron chi connectivity index (χ1n) is 8.23. The molecule has 2 aromatic rings. The van der Waals surface area contributed by atoms with Crippen molar-refractivity contribution in [3.63, 3.8) is 0 Å². The van der Waals surface area contributed by atoms with Gasteiger partial charge in [0.25, 0.3) is 0 Å². The Kier molecular flexibility index (Phi) is 5.14. The highest BCUT2D eigenvalue weighted by Crippen LogP contribution is 2.48. The molecule has 1 aliphatic rings. The molecule has 24 heavy (non-hydrogen) atoms. The third kappa shape index (κ3) is 3.93. The standard InChI is InChI=1S/C18H23FN4S/c1-13-23-14(11-24-13)7-10-21-17(20-2)22-12-18(8-9-18)15-5-3-4-6-16(15)19/h3-6,11H,7-10,12H2,1-2H3,(H2,20,21,22). The summed E-state index contributed by atoms with van der Waals surface area (Å²) >= 11 is 1.67. The molecule has 2 N–H and O–H groups in total. The zero-order chi connectivity index (χ0) is 17.0. The zero-order valence-electron chi connectivity index (χ0n) is 14.1. The third-order valence-electron chi connectivity index (χ3n) is 4.46. The van der Waals surface area contributed by atoms with Crippen LogP contribution in [-0.4, -0.2) is 31.1 Å². The lowest BCUT2D eigenvalue weighted by Gasteiger charge is -2.19. The van der Waals surface area contributed by atoms with Crippen molar-refractivity contribution in [1.29, 1.82) is 0 Å². The van der Waals surface area contributed by atoms with E-state index in [0.29, 0.717) is 6.54 Å². The van der Waals surface area contributed by atoms with E-state index in [1.165, 1.54) is 6.07 Å². The highest BCUT2D eigenvalue weighted by molar-refractivity contribution is 7.09. The van der Waals surface area contributed by atoms with E-state index in [4.69, 9.17) is 0 Å². The third-order valence-corrected chi connectivity index (χ3v) is 5.28. The summed E-state index contributed by atoms with van der Waals surface area (Å²) in [5.74, 6) is 0.642. The summed E-state index contributed by atoms with van der Waals surface area (Å²) in [6.45, 7) is 3.48. The maximum absolute atomic E-state index is 14.0. The van der Waals surface area contributed by atoms with Crippen LogP contribution in [0.25, 0.3) is 0 Å². The van der Waals surface area contributed by atoms with Crippen molar-refractivity contribution in [3.05, 3.63) is 51.7 Å². The molecule has 1 aromatic heterocycles. The number of guanidine groups is 1. The Morgan fingerprint density at radius 1 is 1.33 bits per heavy atom. The van der Waals surface area contributed by atoms with Gasteiger partial charge < -0.3 is 10.6 Å². The van der Waals surface area contributed by atoms with Crippen molar-refractivity contribution in [2.24, 2.45) is 4.99 Å². The summed E-state index contributed by atoms with van der Waals surface area (Å²) in [7, 11) is 1.75. The highest BCUT2D eigenvalue weighted by Gasteiger charge is 2.45. The first kappa shape index (κ1) is 16.9. The number of nitrogens with one attached hydrogen (secondary N) is 2. The van der Waals surface area contributed by atoms with Crippen LogP contribution < -0.4 is 10.6 Å². The Morgan fingerprint density at radius 2 is 2.12 bits per heavy atom.